The number of aromatic hydroxyl groups is 1. The highest BCUT2D eigenvalue weighted by Gasteiger charge is 2.07. The molecule has 0 aliphatic carbocycles. The number of benzene rings is 1. The molecule has 0 spiro atoms. The van der Waals surface area contributed by atoms with Gasteiger partial charge in [0.1, 0.15) is 17.4 Å². The van der Waals surface area contributed by atoms with E-state index in [1.165, 1.54) is 12.1 Å². The predicted molar refractivity (Wildman–Crippen MR) is 50.1 cm³/mol. The Morgan fingerprint density at radius 2 is 2.14 bits per heavy atom. The summed E-state index contributed by atoms with van der Waals surface area (Å²) in [5.41, 5.74) is 6.42. The Balaban J connectivity index is 2.52. The largest absolute Gasteiger partial charge is 0.507 e. The van der Waals surface area contributed by atoms with Gasteiger partial charge in [0.2, 0.25) is 0 Å². The highest BCUT2D eigenvalue weighted by Crippen LogP contribution is 2.28. The molecule has 1 aromatic heterocycles. The van der Waals surface area contributed by atoms with Crippen molar-refractivity contribution < 1.29 is 9.50 Å². The number of phenolic OH excluding ortho intramolecular Hbond substituents is 1. The Hall–Kier alpha value is -2.04. The summed E-state index contributed by atoms with van der Waals surface area (Å²) >= 11 is 0. The highest BCUT2D eigenvalue weighted by molar-refractivity contribution is 5.68. The number of nitrogens with one attached hydrogen (secondary N) is 1. The Labute approximate surface area is 79.2 Å². The zero-order valence-electron chi connectivity index (χ0n) is 7.16. The molecule has 4 nitrogen and oxygen atoms in total. The number of hydrogen-bond donors (Lipinski definition) is 3. The van der Waals surface area contributed by atoms with E-state index in [2.05, 4.69) is 10.2 Å². The average Bonchev–Trinajstić information content (AvgIpc) is 2.51. The van der Waals surface area contributed by atoms with Crippen molar-refractivity contribution in [3.63, 3.8) is 0 Å². The van der Waals surface area contributed by atoms with Crippen molar-refractivity contribution in [3.8, 4) is 17.0 Å². The highest BCUT2D eigenvalue weighted by atomic mass is 19.1. The summed E-state index contributed by atoms with van der Waals surface area (Å²) < 4.78 is 12.7. The number of nitrogen functional groups attached to an aromatic ring is 1. The Kier molecular flexibility index (Phi) is 1.85. The van der Waals surface area contributed by atoms with Crippen LogP contribution in [0.15, 0.2) is 24.3 Å². The van der Waals surface area contributed by atoms with Gasteiger partial charge >= 0.3 is 0 Å². The molecule has 0 atom stereocenters. The zero-order valence-corrected chi connectivity index (χ0v) is 7.16. The zero-order chi connectivity index (χ0) is 10.1. The van der Waals surface area contributed by atoms with Crippen LogP contribution in [0, 0.1) is 5.82 Å². The minimum Gasteiger partial charge on any atom is -0.507 e. The first kappa shape index (κ1) is 8.55. The number of aromatic nitrogens is 2. The fraction of sp³-hybridized carbons (Fsp3) is 0. The first-order valence-electron chi connectivity index (χ1n) is 3.96. The minimum absolute atomic E-state index is 0.145. The van der Waals surface area contributed by atoms with Crippen molar-refractivity contribution in [2.24, 2.45) is 0 Å². The fourth-order valence-corrected chi connectivity index (χ4v) is 1.21. The third kappa shape index (κ3) is 1.39. The van der Waals surface area contributed by atoms with E-state index in [1.54, 1.807) is 6.07 Å². The number of nitrogens with two attached hydrogens (primary N) is 1. The maximum atomic E-state index is 12.7. The molecule has 0 aliphatic heterocycles. The SMILES string of the molecule is Nc1cc(-c2ccc(F)cc2O)[nH]n1. The van der Waals surface area contributed by atoms with E-state index in [0.29, 0.717) is 17.1 Å². The molecule has 1 heterocycles. The first-order valence-corrected chi connectivity index (χ1v) is 3.96. The number of halogens is 1. The van der Waals surface area contributed by atoms with E-state index in [9.17, 15) is 9.50 Å². The summed E-state index contributed by atoms with van der Waals surface area (Å²) in [6, 6.07) is 5.31. The molecule has 0 saturated carbocycles. The van der Waals surface area contributed by atoms with Crippen LogP contribution in [0.1, 0.15) is 0 Å². The molecule has 0 bridgehead atoms. The Morgan fingerprint density at radius 3 is 2.71 bits per heavy atom. The molecule has 0 saturated heterocycles. The second kappa shape index (κ2) is 3.02. The van der Waals surface area contributed by atoms with Crippen LogP contribution in [0.2, 0.25) is 0 Å². The van der Waals surface area contributed by atoms with Crippen LogP contribution in [0.5, 0.6) is 5.75 Å². The van der Waals surface area contributed by atoms with Crippen molar-refractivity contribution in [3.05, 3.63) is 30.1 Å². The maximum Gasteiger partial charge on any atom is 0.145 e. The van der Waals surface area contributed by atoms with Gasteiger partial charge in [0.15, 0.2) is 0 Å². The van der Waals surface area contributed by atoms with Gasteiger partial charge in [-0.05, 0) is 12.1 Å². The number of H-pyrrole nitrogens is 1. The van der Waals surface area contributed by atoms with Crippen LogP contribution in [-0.4, -0.2) is 15.3 Å². The second-order valence-electron chi connectivity index (χ2n) is 2.87. The normalized spacial score (nSPS) is 10.4. The number of phenols is 1. The molecule has 2 rings (SSSR count). The van der Waals surface area contributed by atoms with Crippen LogP contribution in [0.4, 0.5) is 10.2 Å². The molecule has 0 aliphatic rings. The van der Waals surface area contributed by atoms with Crippen LogP contribution in [0.3, 0.4) is 0 Å². The molecule has 0 fully saturated rings. The van der Waals surface area contributed by atoms with Crippen molar-refractivity contribution in [2.45, 2.75) is 0 Å². The third-order valence-electron chi connectivity index (χ3n) is 1.85. The molecule has 14 heavy (non-hydrogen) atoms. The first-order chi connectivity index (χ1) is 6.66. The van der Waals surface area contributed by atoms with Crippen molar-refractivity contribution in [1.29, 1.82) is 0 Å². The van der Waals surface area contributed by atoms with Crippen LogP contribution in [-0.2, 0) is 0 Å². The van der Waals surface area contributed by atoms with Crippen LogP contribution in [0.25, 0.3) is 11.3 Å². The van der Waals surface area contributed by atoms with Gasteiger partial charge in [-0.3, -0.25) is 5.10 Å². The molecule has 4 N–H and O–H groups in total. The Bertz CT molecular complexity index is 467. The third-order valence-corrected chi connectivity index (χ3v) is 1.85. The average molecular weight is 193 g/mol. The molecule has 72 valence electrons. The number of aromatic amines is 1. The summed E-state index contributed by atoms with van der Waals surface area (Å²) in [5.74, 6) is -0.309. The quantitative estimate of drug-likeness (QED) is 0.642. The molecule has 0 amide bonds. The van der Waals surface area contributed by atoms with Gasteiger partial charge in [-0.25, -0.2) is 4.39 Å². The van der Waals surface area contributed by atoms with E-state index in [4.69, 9.17) is 5.73 Å². The molecular formula is C9H8FN3O. The van der Waals surface area contributed by atoms with Gasteiger partial charge < -0.3 is 10.8 Å². The summed E-state index contributed by atoms with van der Waals surface area (Å²) in [6.07, 6.45) is 0. The van der Waals surface area contributed by atoms with Gasteiger partial charge in [0.25, 0.3) is 0 Å². The van der Waals surface area contributed by atoms with E-state index >= 15 is 0 Å². The summed E-state index contributed by atoms with van der Waals surface area (Å²) in [4.78, 5) is 0. The summed E-state index contributed by atoms with van der Waals surface area (Å²) in [7, 11) is 0. The molecule has 0 unspecified atom stereocenters. The lowest BCUT2D eigenvalue weighted by molar-refractivity contribution is 0.471. The van der Waals surface area contributed by atoms with Gasteiger partial charge in [0, 0.05) is 17.7 Å². The van der Waals surface area contributed by atoms with E-state index < -0.39 is 5.82 Å². The van der Waals surface area contributed by atoms with E-state index in [0.717, 1.165) is 6.07 Å². The van der Waals surface area contributed by atoms with Gasteiger partial charge in [-0.2, -0.15) is 5.10 Å². The summed E-state index contributed by atoms with van der Waals surface area (Å²) in [6.45, 7) is 0. The maximum absolute atomic E-state index is 12.7. The molecule has 0 radical (unpaired) electrons. The second-order valence-corrected chi connectivity index (χ2v) is 2.87. The lowest BCUT2D eigenvalue weighted by Crippen LogP contribution is -1.81. The fourth-order valence-electron chi connectivity index (χ4n) is 1.21. The van der Waals surface area contributed by atoms with E-state index in [-0.39, 0.29) is 5.75 Å². The molecule has 1 aromatic carbocycles. The Morgan fingerprint density at radius 1 is 1.36 bits per heavy atom. The van der Waals surface area contributed by atoms with Gasteiger partial charge in [-0.15, -0.1) is 0 Å². The molecule has 5 heteroatoms. The van der Waals surface area contributed by atoms with E-state index in [1.807, 2.05) is 0 Å². The standard InChI is InChI=1S/C9H8FN3O/c10-5-1-2-6(8(14)3-5)7-4-9(11)13-12-7/h1-4,14H,(H3,11,12,13). The topological polar surface area (TPSA) is 74.9 Å². The number of nitrogens with zero attached hydrogens (tertiary/aromatic N) is 1. The smallest absolute Gasteiger partial charge is 0.145 e. The lowest BCUT2D eigenvalue weighted by atomic mass is 10.1. The predicted octanol–water partition coefficient (Wildman–Crippen LogP) is 1.50. The lowest BCUT2D eigenvalue weighted by Gasteiger charge is -2.00. The van der Waals surface area contributed by atoms with Crippen molar-refractivity contribution in [1.82, 2.24) is 10.2 Å². The molecular weight excluding hydrogens is 185 g/mol. The van der Waals surface area contributed by atoms with Gasteiger partial charge in [-0.1, -0.05) is 0 Å². The van der Waals surface area contributed by atoms with Crippen molar-refractivity contribution in [2.75, 3.05) is 5.73 Å². The number of anilines is 1. The molecule has 2 aromatic rings. The summed E-state index contributed by atoms with van der Waals surface area (Å²) in [5, 5.41) is 15.8. The monoisotopic (exact) mass is 193 g/mol. The van der Waals surface area contributed by atoms with Crippen LogP contribution < -0.4 is 5.73 Å². The van der Waals surface area contributed by atoms with Crippen LogP contribution >= 0.6 is 0 Å². The van der Waals surface area contributed by atoms with Crippen molar-refractivity contribution >= 4 is 5.82 Å². The minimum atomic E-state index is -0.487. The van der Waals surface area contributed by atoms with Gasteiger partial charge in [0.05, 0.1) is 5.69 Å². The number of rotatable bonds is 1. The number of hydrogen-bond acceptors (Lipinski definition) is 3.